The highest BCUT2D eigenvalue weighted by molar-refractivity contribution is 5.89. The van der Waals surface area contributed by atoms with Crippen molar-refractivity contribution in [2.24, 2.45) is 0 Å². The standard InChI is InChI=1S/C22H26N2O5/c1-15-5-4-6-16(9-15)11-23-22(26)19-13-29-14-21(25)24(19)12-17-7-8-18(27-2)10-20(17)28-3/h4-10,19H,11-14H2,1-3H3,(H,23,26)/t19-/m0/s1. The molecule has 0 unspecified atom stereocenters. The van der Waals surface area contributed by atoms with E-state index in [0.717, 1.165) is 16.7 Å². The molecular weight excluding hydrogens is 372 g/mol. The molecule has 1 fully saturated rings. The van der Waals surface area contributed by atoms with E-state index in [1.54, 1.807) is 31.3 Å². The van der Waals surface area contributed by atoms with E-state index in [4.69, 9.17) is 14.2 Å². The summed E-state index contributed by atoms with van der Waals surface area (Å²) in [6.45, 7) is 2.76. The molecular formula is C22H26N2O5. The Labute approximate surface area is 170 Å². The van der Waals surface area contributed by atoms with Gasteiger partial charge in [0.2, 0.25) is 11.8 Å². The average Bonchev–Trinajstić information content (AvgIpc) is 2.73. The van der Waals surface area contributed by atoms with Crippen LogP contribution in [0.4, 0.5) is 0 Å². The number of methoxy groups -OCH3 is 2. The van der Waals surface area contributed by atoms with E-state index in [9.17, 15) is 9.59 Å². The summed E-state index contributed by atoms with van der Waals surface area (Å²) in [5, 5.41) is 2.91. The van der Waals surface area contributed by atoms with Gasteiger partial charge in [0.25, 0.3) is 0 Å². The second-order valence-corrected chi connectivity index (χ2v) is 6.94. The number of amides is 2. The normalized spacial score (nSPS) is 16.4. The largest absolute Gasteiger partial charge is 0.497 e. The molecule has 0 radical (unpaired) electrons. The number of hydrogen-bond donors (Lipinski definition) is 1. The third-order valence-corrected chi connectivity index (χ3v) is 4.88. The molecule has 2 aromatic rings. The van der Waals surface area contributed by atoms with Gasteiger partial charge in [-0.3, -0.25) is 9.59 Å². The number of ether oxygens (including phenoxy) is 3. The number of carbonyl (C=O) groups is 2. The van der Waals surface area contributed by atoms with E-state index in [1.165, 1.54) is 0 Å². The lowest BCUT2D eigenvalue weighted by Crippen LogP contribution is -2.55. The summed E-state index contributed by atoms with van der Waals surface area (Å²) >= 11 is 0. The van der Waals surface area contributed by atoms with E-state index < -0.39 is 6.04 Å². The molecule has 0 bridgehead atoms. The van der Waals surface area contributed by atoms with Gasteiger partial charge < -0.3 is 24.4 Å². The van der Waals surface area contributed by atoms with Crippen LogP contribution < -0.4 is 14.8 Å². The van der Waals surface area contributed by atoms with Crippen molar-refractivity contribution in [2.45, 2.75) is 26.1 Å². The summed E-state index contributed by atoms with van der Waals surface area (Å²) < 4.78 is 16.0. The van der Waals surface area contributed by atoms with Gasteiger partial charge in [-0.15, -0.1) is 0 Å². The van der Waals surface area contributed by atoms with E-state index >= 15 is 0 Å². The second-order valence-electron chi connectivity index (χ2n) is 6.94. The molecule has 3 rings (SSSR count). The zero-order valence-corrected chi connectivity index (χ0v) is 16.9. The molecule has 1 aliphatic heterocycles. The van der Waals surface area contributed by atoms with Gasteiger partial charge in [0.15, 0.2) is 0 Å². The Morgan fingerprint density at radius 3 is 2.76 bits per heavy atom. The van der Waals surface area contributed by atoms with Gasteiger partial charge in [-0.1, -0.05) is 29.8 Å². The van der Waals surface area contributed by atoms with Crippen LogP contribution >= 0.6 is 0 Å². The molecule has 1 atom stereocenters. The zero-order chi connectivity index (χ0) is 20.8. The average molecular weight is 398 g/mol. The third kappa shape index (κ3) is 5.06. The predicted molar refractivity (Wildman–Crippen MR) is 108 cm³/mol. The number of nitrogens with one attached hydrogen (secondary N) is 1. The summed E-state index contributed by atoms with van der Waals surface area (Å²) in [4.78, 5) is 26.9. The smallest absolute Gasteiger partial charge is 0.249 e. The van der Waals surface area contributed by atoms with Crippen LogP contribution in [0.25, 0.3) is 0 Å². The molecule has 154 valence electrons. The van der Waals surface area contributed by atoms with Gasteiger partial charge in [0, 0.05) is 18.2 Å². The SMILES string of the molecule is COc1ccc(CN2C(=O)COC[C@H]2C(=O)NCc2cccc(C)c2)c(OC)c1. The maximum absolute atomic E-state index is 12.8. The molecule has 1 N–H and O–H groups in total. The minimum absolute atomic E-state index is 0.0415. The minimum atomic E-state index is -0.701. The first kappa shape index (κ1) is 20.7. The molecule has 7 heteroatoms. The van der Waals surface area contributed by atoms with Gasteiger partial charge in [0.1, 0.15) is 24.1 Å². The van der Waals surface area contributed by atoms with Crippen molar-refractivity contribution in [2.75, 3.05) is 27.4 Å². The fourth-order valence-electron chi connectivity index (χ4n) is 3.32. The van der Waals surface area contributed by atoms with Crippen LogP contribution in [0.15, 0.2) is 42.5 Å². The van der Waals surface area contributed by atoms with Crippen molar-refractivity contribution >= 4 is 11.8 Å². The molecule has 1 saturated heterocycles. The van der Waals surface area contributed by atoms with Crippen molar-refractivity contribution in [3.05, 3.63) is 59.2 Å². The second kappa shape index (κ2) is 9.43. The maximum Gasteiger partial charge on any atom is 0.249 e. The van der Waals surface area contributed by atoms with Gasteiger partial charge in [-0.05, 0) is 24.6 Å². The number of benzene rings is 2. The third-order valence-electron chi connectivity index (χ3n) is 4.88. The maximum atomic E-state index is 12.8. The molecule has 1 aliphatic rings. The summed E-state index contributed by atoms with van der Waals surface area (Å²) in [6, 6.07) is 12.6. The van der Waals surface area contributed by atoms with Crippen molar-refractivity contribution in [3.8, 4) is 11.5 Å². The van der Waals surface area contributed by atoms with E-state index in [1.807, 2.05) is 37.3 Å². The summed E-state index contributed by atoms with van der Waals surface area (Å²) in [5.74, 6) is 0.783. The quantitative estimate of drug-likeness (QED) is 0.773. The Morgan fingerprint density at radius 2 is 2.03 bits per heavy atom. The van der Waals surface area contributed by atoms with Crippen LogP contribution in [0.2, 0.25) is 0 Å². The molecule has 1 heterocycles. The summed E-state index contributed by atoms with van der Waals surface area (Å²) in [5.41, 5.74) is 2.92. The first-order valence-electron chi connectivity index (χ1n) is 9.43. The number of morpholine rings is 1. The fourth-order valence-corrected chi connectivity index (χ4v) is 3.32. The first-order chi connectivity index (χ1) is 14.0. The molecule has 0 saturated carbocycles. The monoisotopic (exact) mass is 398 g/mol. The Hall–Kier alpha value is -3.06. The Kier molecular flexibility index (Phi) is 6.72. The van der Waals surface area contributed by atoms with Crippen LogP contribution in [0.3, 0.4) is 0 Å². The molecule has 0 spiro atoms. The van der Waals surface area contributed by atoms with Crippen LogP contribution in [-0.4, -0.2) is 50.2 Å². The molecule has 2 amide bonds. The highest BCUT2D eigenvalue weighted by Gasteiger charge is 2.34. The lowest BCUT2D eigenvalue weighted by atomic mass is 10.1. The molecule has 2 aromatic carbocycles. The van der Waals surface area contributed by atoms with Crippen molar-refractivity contribution in [3.63, 3.8) is 0 Å². The van der Waals surface area contributed by atoms with Gasteiger partial charge in [0.05, 0.1) is 27.4 Å². The lowest BCUT2D eigenvalue weighted by molar-refractivity contribution is -0.155. The molecule has 0 aromatic heterocycles. The van der Waals surface area contributed by atoms with Crippen molar-refractivity contribution in [1.82, 2.24) is 10.2 Å². The first-order valence-corrected chi connectivity index (χ1v) is 9.43. The molecule has 7 nitrogen and oxygen atoms in total. The van der Waals surface area contributed by atoms with Crippen LogP contribution in [-0.2, 0) is 27.4 Å². The van der Waals surface area contributed by atoms with Crippen LogP contribution in [0, 0.1) is 6.92 Å². The van der Waals surface area contributed by atoms with Gasteiger partial charge in [-0.25, -0.2) is 0 Å². The summed E-state index contributed by atoms with van der Waals surface area (Å²) in [7, 11) is 3.14. The minimum Gasteiger partial charge on any atom is -0.497 e. The van der Waals surface area contributed by atoms with Gasteiger partial charge >= 0.3 is 0 Å². The van der Waals surface area contributed by atoms with E-state index in [-0.39, 0.29) is 31.6 Å². The van der Waals surface area contributed by atoms with Crippen LogP contribution in [0.5, 0.6) is 11.5 Å². The Balaban J connectivity index is 1.73. The number of nitrogens with zero attached hydrogens (tertiary/aromatic N) is 1. The van der Waals surface area contributed by atoms with Crippen LogP contribution in [0.1, 0.15) is 16.7 Å². The van der Waals surface area contributed by atoms with Crippen molar-refractivity contribution in [1.29, 1.82) is 0 Å². The highest BCUT2D eigenvalue weighted by atomic mass is 16.5. The molecule has 0 aliphatic carbocycles. The summed E-state index contributed by atoms with van der Waals surface area (Å²) in [6.07, 6.45) is 0. The fraction of sp³-hybridized carbons (Fsp3) is 0.364. The number of rotatable bonds is 7. The van der Waals surface area contributed by atoms with Gasteiger partial charge in [-0.2, -0.15) is 0 Å². The number of aryl methyl sites for hydroxylation is 1. The predicted octanol–water partition coefficient (Wildman–Crippen LogP) is 2.06. The van der Waals surface area contributed by atoms with E-state index in [0.29, 0.717) is 18.0 Å². The lowest BCUT2D eigenvalue weighted by Gasteiger charge is -2.34. The molecule has 29 heavy (non-hydrogen) atoms. The Morgan fingerprint density at radius 1 is 1.21 bits per heavy atom. The van der Waals surface area contributed by atoms with Crippen molar-refractivity contribution < 1.29 is 23.8 Å². The Bertz CT molecular complexity index is 883. The number of carbonyl (C=O) groups excluding carboxylic acids is 2. The topological polar surface area (TPSA) is 77.1 Å². The zero-order valence-electron chi connectivity index (χ0n) is 16.9. The van der Waals surface area contributed by atoms with E-state index in [2.05, 4.69) is 5.32 Å². The number of hydrogen-bond acceptors (Lipinski definition) is 5. The highest BCUT2D eigenvalue weighted by Crippen LogP contribution is 2.27.